The Labute approximate surface area is 247 Å². The van der Waals surface area contributed by atoms with Crippen LogP contribution in [0.3, 0.4) is 0 Å². The van der Waals surface area contributed by atoms with Crippen LogP contribution in [0.4, 0.5) is 0 Å². The molecule has 0 spiro atoms. The summed E-state index contributed by atoms with van der Waals surface area (Å²) in [5, 5.41) is 3.31. The molecule has 1 N–H and O–H groups in total. The van der Waals surface area contributed by atoms with Crippen molar-refractivity contribution in [2.75, 3.05) is 13.2 Å². The van der Waals surface area contributed by atoms with Gasteiger partial charge < -0.3 is 9.47 Å². The van der Waals surface area contributed by atoms with Crippen LogP contribution in [-0.4, -0.2) is 43.0 Å². The highest BCUT2D eigenvalue weighted by Gasteiger charge is 2.37. The van der Waals surface area contributed by atoms with Gasteiger partial charge in [-0.15, -0.1) is 0 Å². The standard InChI is InChI=1S/C34H65NO5/c1-6-11-14-17-19-22-25-28-31(36)29(26-23-20-16-13-8-3)32(34(38)40-10-5)35-30(33(37)39-9-4)27-24-21-18-15-12-7-2/h29-30,32,35H,6-28H2,1-5H3. The van der Waals surface area contributed by atoms with E-state index in [0.717, 1.165) is 64.2 Å². The minimum absolute atomic E-state index is 0.122. The maximum Gasteiger partial charge on any atom is 0.323 e. The van der Waals surface area contributed by atoms with Gasteiger partial charge in [0.15, 0.2) is 0 Å². The monoisotopic (exact) mass is 567 g/mol. The van der Waals surface area contributed by atoms with Crippen LogP contribution in [0.1, 0.15) is 169 Å². The smallest absolute Gasteiger partial charge is 0.323 e. The second kappa shape index (κ2) is 27.7. The lowest BCUT2D eigenvalue weighted by molar-refractivity contribution is -0.152. The maximum atomic E-state index is 13.6. The molecule has 0 aliphatic carbocycles. The van der Waals surface area contributed by atoms with Gasteiger partial charge in [0.25, 0.3) is 0 Å². The average Bonchev–Trinajstić information content (AvgIpc) is 2.94. The van der Waals surface area contributed by atoms with Gasteiger partial charge in [-0.3, -0.25) is 19.7 Å². The van der Waals surface area contributed by atoms with Gasteiger partial charge in [0, 0.05) is 12.3 Å². The van der Waals surface area contributed by atoms with Crippen molar-refractivity contribution in [3.05, 3.63) is 0 Å². The van der Waals surface area contributed by atoms with Crippen molar-refractivity contribution in [1.82, 2.24) is 5.32 Å². The second-order valence-corrected chi connectivity index (χ2v) is 11.4. The summed E-state index contributed by atoms with van der Waals surface area (Å²) in [6.07, 6.45) is 21.8. The summed E-state index contributed by atoms with van der Waals surface area (Å²) in [6, 6.07) is -1.44. The zero-order valence-corrected chi connectivity index (χ0v) is 27.0. The third kappa shape index (κ3) is 19.6. The molecule has 3 unspecified atom stereocenters. The van der Waals surface area contributed by atoms with Crippen LogP contribution in [0.25, 0.3) is 0 Å². The fourth-order valence-corrected chi connectivity index (χ4v) is 5.36. The summed E-state index contributed by atoms with van der Waals surface area (Å²) < 4.78 is 10.9. The molecule has 0 aromatic heterocycles. The molecule has 0 rings (SSSR count). The minimum Gasteiger partial charge on any atom is -0.465 e. The van der Waals surface area contributed by atoms with Gasteiger partial charge in [-0.1, -0.05) is 130 Å². The van der Waals surface area contributed by atoms with Gasteiger partial charge in [0.2, 0.25) is 0 Å². The number of carbonyl (C=O) groups is 3. The molecule has 40 heavy (non-hydrogen) atoms. The van der Waals surface area contributed by atoms with Crippen molar-refractivity contribution in [2.24, 2.45) is 5.92 Å². The summed E-state index contributed by atoms with van der Waals surface area (Å²) in [5.41, 5.74) is 0. The molecule has 0 fully saturated rings. The molecule has 0 heterocycles. The molecule has 6 heteroatoms. The maximum absolute atomic E-state index is 13.6. The van der Waals surface area contributed by atoms with Gasteiger partial charge in [-0.05, 0) is 33.1 Å². The lowest BCUT2D eigenvalue weighted by Crippen LogP contribution is -2.53. The third-order valence-electron chi connectivity index (χ3n) is 7.80. The van der Waals surface area contributed by atoms with Crippen LogP contribution >= 0.6 is 0 Å². The molecule has 0 bridgehead atoms. The Bertz CT molecular complexity index is 623. The number of rotatable bonds is 29. The van der Waals surface area contributed by atoms with E-state index in [2.05, 4.69) is 26.1 Å². The molecule has 0 saturated carbocycles. The number of ether oxygens (including phenoxy) is 2. The molecule has 0 saturated heterocycles. The van der Waals surface area contributed by atoms with Crippen LogP contribution in [0.15, 0.2) is 0 Å². The second-order valence-electron chi connectivity index (χ2n) is 11.4. The first-order valence-electron chi connectivity index (χ1n) is 17.1. The first-order valence-corrected chi connectivity index (χ1v) is 17.1. The number of hydrogen-bond acceptors (Lipinski definition) is 6. The van der Waals surface area contributed by atoms with Crippen LogP contribution < -0.4 is 5.32 Å². The number of esters is 2. The molecule has 0 aliphatic heterocycles. The number of unbranched alkanes of at least 4 members (excludes halogenated alkanes) is 15. The van der Waals surface area contributed by atoms with Crippen LogP contribution in [0.2, 0.25) is 0 Å². The molecule has 0 aromatic rings. The molecule has 0 amide bonds. The number of Topliss-reactive ketones (excluding diaryl/α,β-unsaturated/α-hetero) is 1. The van der Waals surface area contributed by atoms with E-state index in [1.54, 1.807) is 13.8 Å². The van der Waals surface area contributed by atoms with Crippen molar-refractivity contribution < 1.29 is 23.9 Å². The van der Waals surface area contributed by atoms with Gasteiger partial charge in [0.1, 0.15) is 17.9 Å². The fourth-order valence-electron chi connectivity index (χ4n) is 5.36. The Morgan fingerprint density at radius 3 is 1.45 bits per heavy atom. The Morgan fingerprint density at radius 1 is 0.525 bits per heavy atom. The summed E-state index contributed by atoms with van der Waals surface area (Å²) >= 11 is 0. The van der Waals surface area contributed by atoms with E-state index in [4.69, 9.17) is 9.47 Å². The molecule has 236 valence electrons. The molecule has 6 nitrogen and oxygen atoms in total. The van der Waals surface area contributed by atoms with E-state index in [1.807, 2.05) is 0 Å². The van der Waals surface area contributed by atoms with Gasteiger partial charge in [-0.25, -0.2) is 0 Å². The van der Waals surface area contributed by atoms with Crippen LogP contribution in [-0.2, 0) is 23.9 Å². The van der Waals surface area contributed by atoms with Crippen molar-refractivity contribution in [2.45, 2.75) is 182 Å². The zero-order valence-electron chi connectivity index (χ0n) is 27.0. The van der Waals surface area contributed by atoms with Crippen molar-refractivity contribution in [3.63, 3.8) is 0 Å². The predicted octanol–water partition coefficient (Wildman–Crippen LogP) is 8.88. The van der Waals surface area contributed by atoms with Crippen LogP contribution in [0.5, 0.6) is 0 Å². The van der Waals surface area contributed by atoms with Gasteiger partial charge in [0.05, 0.1) is 13.2 Å². The van der Waals surface area contributed by atoms with Crippen LogP contribution in [0, 0.1) is 5.92 Å². The van der Waals surface area contributed by atoms with E-state index in [-0.39, 0.29) is 25.0 Å². The Morgan fingerprint density at radius 2 is 0.950 bits per heavy atom. The van der Waals surface area contributed by atoms with E-state index >= 15 is 0 Å². The number of carbonyl (C=O) groups excluding carboxylic acids is 3. The van der Waals surface area contributed by atoms with Gasteiger partial charge in [-0.2, -0.15) is 0 Å². The largest absolute Gasteiger partial charge is 0.465 e. The molecule has 0 aromatic carbocycles. The molecule has 3 atom stereocenters. The quantitative estimate of drug-likeness (QED) is 0.0718. The average molecular weight is 568 g/mol. The predicted molar refractivity (Wildman–Crippen MR) is 166 cm³/mol. The van der Waals surface area contributed by atoms with Crippen molar-refractivity contribution in [3.8, 4) is 0 Å². The fraction of sp³-hybridized carbons (Fsp3) is 0.912. The van der Waals surface area contributed by atoms with E-state index in [1.165, 1.54) is 51.4 Å². The first kappa shape index (κ1) is 38.6. The molecular formula is C34H65NO5. The Balaban J connectivity index is 5.56. The van der Waals surface area contributed by atoms with E-state index in [0.29, 0.717) is 19.3 Å². The number of hydrogen-bond donors (Lipinski definition) is 1. The van der Waals surface area contributed by atoms with Crippen molar-refractivity contribution in [1.29, 1.82) is 0 Å². The summed E-state index contributed by atoms with van der Waals surface area (Å²) in [7, 11) is 0. The molecular weight excluding hydrogens is 502 g/mol. The molecule has 0 aliphatic rings. The van der Waals surface area contributed by atoms with Crippen molar-refractivity contribution >= 4 is 17.7 Å². The summed E-state index contributed by atoms with van der Waals surface area (Å²) in [4.78, 5) is 39.8. The lowest BCUT2D eigenvalue weighted by Gasteiger charge is -2.29. The third-order valence-corrected chi connectivity index (χ3v) is 7.80. The van der Waals surface area contributed by atoms with Gasteiger partial charge >= 0.3 is 11.9 Å². The van der Waals surface area contributed by atoms with E-state index < -0.39 is 24.0 Å². The summed E-state index contributed by atoms with van der Waals surface area (Å²) in [6.45, 7) is 10.7. The topological polar surface area (TPSA) is 81.7 Å². The lowest BCUT2D eigenvalue weighted by atomic mass is 9.86. The van der Waals surface area contributed by atoms with E-state index in [9.17, 15) is 14.4 Å². The first-order chi connectivity index (χ1) is 19.5. The highest BCUT2D eigenvalue weighted by Crippen LogP contribution is 2.23. The highest BCUT2D eigenvalue weighted by molar-refractivity contribution is 5.89. The Hall–Kier alpha value is -1.43. The molecule has 0 radical (unpaired) electrons. The Kier molecular flexibility index (Phi) is 26.7. The minimum atomic E-state index is -0.822. The SMILES string of the molecule is CCCCCCCCCC(=O)C(CCCCCCC)C(NC(CCCCCCCC)C(=O)OCC)C(=O)OCC. The zero-order chi connectivity index (χ0) is 29.8. The normalized spacial score (nSPS) is 13.5. The summed E-state index contributed by atoms with van der Waals surface area (Å²) in [5.74, 6) is -1.13. The number of nitrogens with one attached hydrogen (secondary N) is 1. The highest BCUT2D eigenvalue weighted by atomic mass is 16.5. The number of ketones is 1.